The Morgan fingerprint density at radius 2 is 2.40 bits per heavy atom. The first kappa shape index (κ1) is 12.0. The summed E-state index contributed by atoms with van der Waals surface area (Å²) in [6, 6.07) is 1.63. The Kier molecular flexibility index (Phi) is 4.15. The molecule has 0 aliphatic heterocycles. The van der Waals surface area contributed by atoms with Crippen molar-refractivity contribution in [3.8, 4) is 0 Å². The Hall–Kier alpha value is -1.03. The molecule has 15 heavy (non-hydrogen) atoms. The number of carbonyl (C=O) groups is 1. The molecular weight excluding hydrogens is 216 g/mol. The molecule has 0 bridgehead atoms. The van der Waals surface area contributed by atoms with E-state index in [1.807, 2.05) is 6.92 Å². The first-order valence-corrected chi connectivity index (χ1v) is 5.27. The molecule has 84 valence electrons. The maximum Gasteiger partial charge on any atom is 0.275 e. The largest absolute Gasteiger partial charge is 0.361 e. The van der Waals surface area contributed by atoms with Gasteiger partial charge in [-0.05, 0) is 20.3 Å². The molecule has 1 aromatic heterocycles. The van der Waals surface area contributed by atoms with Crippen LogP contribution in [0.25, 0.3) is 0 Å². The lowest BCUT2D eigenvalue weighted by Crippen LogP contribution is -2.29. The number of halogens is 1. The molecule has 0 saturated carbocycles. The molecule has 0 radical (unpaired) electrons. The highest BCUT2D eigenvalue weighted by Gasteiger charge is 2.15. The summed E-state index contributed by atoms with van der Waals surface area (Å²) in [5, 5.41) is 3.73. The van der Waals surface area contributed by atoms with E-state index < -0.39 is 0 Å². The summed E-state index contributed by atoms with van der Waals surface area (Å²) < 4.78 is 4.84. The number of hydrogen-bond acceptors (Lipinski definition) is 3. The fourth-order valence-corrected chi connectivity index (χ4v) is 1.23. The van der Waals surface area contributed by atoms with Crippen LogP contribution >= 0.6 is 11.6 Å². The van der Waals surface area contributed by atoms with E-state index in [0.717, 1.165) is 6.42 Å². The lowest BCUT2D eigenvalue weighted by atomic mass is 10.3. The number of nitrogens with zero attached hydrogens (tertiary/aromatic N) is 2. The van der Waals surface area contributed by atoms with E-state index in [0.29, 0.717) is 18.0 Å². The molecule has 1 aromatic rings. The number of hydrogen-bond donors (Lipinski definition) is 0. The van der Waals surface area contributed by atoms with E-state index in [2.05, 4.69) is 5.16 Å². The van der Waals surface area contributed by atoms with Gasteiger partial charge >= 0.3 is 0 Å². The molecule has 1 unspecified atom stereocenters. The van der Waals surface area contributed by atoms with Gasteiger partial charge in [-0.25, -0.2) is 0 Å². The molecule has 1 atom stereocenters. The smallest absolute Gasteiger partial charge is 0.275 e. The maximum absolute atomic E-state index is 11.7. The molecule has 0 aliphatic rings. The summed E-state index contributed by atoms with van der Waals surface area (Å²) >= 11 is 5.80. The Bertz CT molecular complexity index is 336. The van der Waals surface area contributed by atoms with Crippen LogP contribution in [-0.2, 0) is 0 Å². The maximum atomic E-state index is 11.7. The minimum Gasteiger partial charge on any atom is -0.361 e. The summed E-state index contributed by atoms with van der Waals surface area (Å²) in [5.41, 5.74) is 0.345. The van der Waals surface area contributed by atoms with Crippen LogP contribution < -0.4 is 0 Å². The second kappa shape index (κ2) is 5.16. The zero-order valence-electron chi connectivity index (χ0n) is 9.16. The fourth-order valence-electron chi connectivity index (χ4n) is 1.14. The van der Waals surface area contributed by atoms with Crippen LogP contribution in [0.4, 0.5) is 0 Å². The summed E-state index contributed by atoms with van der Waals surface area (Å²) in [5.74, 6) is 0.502. The van der Waals surface area contributed by atoms with Gasteiger partial charge in [-0.2, -0.15) is 0 Å². The number of aromatic nitrogens is 1. The van der Waals surface area contributed by atoms with Crippen molar-refractivity contribution in [1.29, 1.82) is 0 Å². The van der Waals surface area contributed by atoms with Crippen LogP contribution in [0.2, 0.25) is 0 Å². The third-order valence-electron chi connectivity index (χ3n) is 2.06. The van der Waals surface area contributed by atoms with Gasteiger partial charge in [0, 0.05) is 25.0 Å². The van der Waals surface area contributed by atoms with Crippen LogP contribution in [0, 0.1) is 6.92 Å². The highest BCUT2D eigenvalue weighted by molar-refractivity contribution is 6.20. The second-order valence-electron chi connectivity index (χ2n) is 3.62. The normalized spacial score (nSPS) is 12.5. The summed E-state index contributed by atoms with van der Waals surface area (Å²) in [7, 11) is 1.73. The van der Waals surface area contributed by atoms with Crippen LogP contribution in [0.3, 0.4) is 0 Å². The van der Waals surface area contributed by atoms with Crippen molar-refractivity contribution in [3.63, 3.8) is 0 Å². The Morgan fingerprint density at radius 3 is 2.87 bits per heavy atom. The predicted octanol–water partition coefficient (Wildman–Crippen LogP) is 2.07. The van der Waals surface area contributed by atoms with E-state index in [1.54, 1.807) is 24.9 Å². The number of alkyl halides is 1. The van der Waals surface area contributed by atoms with Gasteiger partial charge in [-0.15, -0.1) is 11.6 Å². The lowest BCUT2D eigenvalue weighted by Gasteiger charge is -2.15. The number of aryl methyl sites for hydroxylation is 1. The molecule has 0 fully saturated rings. The average molecular weight is 231 g/mol. The van der Waals surface area contributed by atoms with Crippen LogP contribution in [-0.4, -0.2) is 34.9 Å². The monoisotopic (exact) mass is 230 g/mol. The lowest BCUT2D eigenvalue weighted by molar-refractivity contribution is 0.0783. The molecule has 4 nitrogen and oxygen atoms in total. The minimum atomic E-state index is -0.135. The van der Waals surface area contributed by atoms with E-state index in [4.69, 9.17) is 16.1 Å². The van der Waals surface area contributed by atoms with Gasteiger partial charge in [0.15, 0.2) is 5.69 Å². The van der Waals surface area contributed by atoms with E-state index in [-0.39, 0.29) is 11.3 Å². The van der Waals surface area contributed by atoms with Crippen molar-refractivity contribution in [2.24, 2.45) is 0 Å². The van der Waals surface area contributed by atoms with Gasteiger partial charge in [-0.3, -0.25) is 4.79 Å². The van der Waals surface area contributed by atoms with Crippen molar-refractivity contribution in [3.05, 3.63) is 17.5 Å². The summed E-state index contributed by atoms with van der Waals surface area (Å²) in [6.07, 6.45) is 0.765. The quantitative estimate of drug-likeness (QED) is 0.744. The molecule has 1 rings (SSSR count). The molecule has 1 heterocycles. The van der Waals surface area contributed by atoms with E-state index in [9.17, 15) is 4.79 Å². The number of rotatable bonds is 4. The standard InChI is InChI=1S/C10H15ClN2O2/c1-7(11)4-5-13(3)10(14)9-6-8(2)15-12-9/h6-7H,4-5H2,1-3H3. The Morgan fingerprint density at radius 1 is 1.73 bits per heavy atom. The van der Waals surface area contributed by atoms with Crippen molar-refractivity contribution in [1.82, 2.24) is 10.1 Å². The fraction of sp³-hybridized carbons (Fsp3) is 0.600. The van der Waals surface area contributed by atoms with Gasteiger partial charge < -0.3 is 9.42 Å². The van der Waals surface area contributed by atoms with Crippen molar-refractivity contribution < 1.29 is 9.32 Å². The third kappa shape index (κ3) is 3.55. The number of carbonyl (C=O) groups excluding carboxylic acids is 1. The molecule has 0 N–H and O–H groups in total. The molecule has 1 amide bonds. The van der Waals surface area contributed by atoms with E-state index in [1.165, 1.54) is 0 Å². The summed E-state index contributed by atoms with van der Waals surface area (Å²) in [4.78, 5) is 13.3. The number of amides is 1. The van der Waals surface area contributed by atoms with Gasteiger partial charge in [0.1, 0.15) is 5.76 Å². The van der Waals surface area contributed by atoms with Crippen LogP contribution in [0.5, 0.6) is 0 Å². The first-order chi connectivity index (χ1) is 7.00. The van der Waals surface area contributed by atoms with Gasteiger partial charge in [0.05, 0.1) is 0 Å². The third-order valence-corrected chi connectivity index (χ3v) is 2.27. The first-order valence-electron chi connectivity index (χ1n) is 4.83. The van der Waals surface area contributed by atoms with Crippen LogP contribution in [0.1, 0.15) is 29.6 Å². The molecule has 0 spiro atoms. The van der Waals surface area contributed by atoms with Crippen LogP contribution in [0.15, 0.2) is 10.6 Å². The Labute approximate surface area is 94.2 Å². The molecular formula is C10H15ClN2O2. The summed E-state index contributed by atoms with van der Waals surface area (Å²) in [6.45, 7) is 4.28. The minimum absolute atomic E-state index is 0.0688. The predicted molar refractivity (Wildman–Crippen MR) is 58.1 cm³/mol. The highest BCUT2D eigenvalue weighted by Crippen LogP contribution is 2.07. The van der Waals surface area contributed by atoms with E-state index >= 15 is 0 Å². The molecule has 5 heteroatoms. The Balaban J connectivity index is 2.53. The van der Waals surface area contributed by atoms with Gasteiger partial charge in [-0.1, -0.05) is 5.16 Å². The highest BCUT2D eigenvalue weighted by atomic mass is 35.5. The van der Waals surface area contributed by atoms with Crippen molar-refractivity contribution in [2.75, 3.05) is 13.6 Å². The molecule has 0 aromatic carbocycles. The van der Waals surface area contributed by atoms with Gasteiger partial charge in [0.2, 0.25) is 0 Å². The van der Waals surface area contributed by atoms with Crippen molar-refractivity contribution in [2.45, 2.75) is 25.6 Å². The average Bonchev–Trinajstić information content (AvgIpc) is 2.60. The second-order valence-corrected chi connectivity index (χ2v) is 4.36. The topological polar surface area (TPSA) is 46.3 Å². The SMILES string of the molecule is Cc1cc(C(=O)N(C)CCC(C)Cl)no1. The van der Waals surface area contributed by atoms with Crippen molar-refractivity contribution >= 4 is 17.5 Å². The zero-order chi connectivity index (χ0) is 11.4. The molecule has 0 aliphatic carbocycles. The molecule has 0 saturated heterocycles. The van der Waals surface area contributed by atoms with Gasteiger partial charge in [0.25, 0.3) is 5.91 Å². The zero-order valence-corrected chi connectivity index (χ0v) is 9.91.